The number of hydrogen-bond donors (Lipinski definition) is 0. The SMILES string of the molecule is C=C(OC1CC2CC(OC(=O)c3ccc(C)cc3)CC2C1)c1ccc(CCC)cc1. The first-order valence-corrected chi connectivity index (χ1v) is 11.2. The fraction of sp³-hybridized carbons (Fsp3) is 0.444. The van der Waals surface area contributed by atoms with Crippen LogP contribution >= 0.6 is 0 Å². The van der Waals surface area contributed by atoms with Crippen molar-refractivity contribution in [1.29, 1.82) is 0 Å². The molecule has 0 spiro atoms. The molecule has 2 fully saturated rings. The van der Waals surface area contributed by atoms with Crippen molar-refractivity contribution in [2.45, 2.75) is 64.6 Å². The molecule has 0 N–H and O–H groups in total. The predicted octanol–water partition coefficient (Wildman–Crippen LogP) is 6.35. The van der Waals surface area contributed by atoms with Crippen LogP contribution in [0.15, 0.2) is 55.1 Å². The summed E-state index contributed by atoms with van der Waals surface area (Å²) in [4.78, 5) is 12.4. The van der Waals surface area contributed by atoms with Crippen LogP contribution in [-0.2, 0) is 15.9 Å². The molecule has 2 aromatic rings. The molecule has 4 rings (SSSR count). The maximum absolute atomic E-state index is 12.4. The fourth-order valence-electron chi connectivity index (χ4n) is 5.02. The predicted molar refractivity (Wildman–Crippen MR) is 120 cm³/mol. The van der Waals surface area contributed by atoms with Crippen molar-refractivity contribution in [1.82, 2.24) is 0 Å². The van der Waals surface area contributed by atoms with E-state index in [1.807, 2.05) is 31.2 Å². The topological polar surface area (TPSA) is 35.5 Å². The van der Waals surface area contributed by atoms with E-state index in [0.717, 1.165) is 55.4 Å². The summed E-state index contributed by atoms with van der Waals surface area (Å²) in [5.74, 6) is 1.72. The molecule has 0 radical (unpaired) electrons. The van der Waals surface area contributed by atoms with Crippen molar-refractivity contribution >= 4 is 11.7 Å². The number of rotatable bonds is 7. The van der Waals surface area contributed by atoms with Gasteiger partial charge in [0.25, 0.3) is 0 Å². The summed E-state index contributed by atoms with van der Waals surface area (Å²) in [5.41, 5.74) is 4.21. The molecule has 2 aromatic carbocycles. The molecule has 0 aromatic heterocycles. The highest BCUT2D eigenvalue weighted by Crippen LogP contribution is 2.47. The van der Waals surface area contributed by atoms with Gasteiger partial charge >= 0.3 is 5.97 Å². The lowest BCUT2D eigenvalue weighted by atomic mass is 10.0. The van der Waals surface area contributed by atoms with Gasteiger partial charge in [0.1, 0.15) is 11.9 Å². The number of aryl methyl sites for hydroxylation is 2. The lowest BCUT2D eigenvalue weighted by molar-refractivity contribution is 0.0287. The number of carbonyl (C=O) groups excluding carboxylic acids is 1. The van der Waals surface area contributed by atoms with E-state index in [4.69, 9.17) is 9.47 Å². The average molecular weight is 405 g/mol. The van der Waals surface area contributed by atoms with Crippen LogP contribution in [0.1, 0.15) is 66.1 Å². The normalized spacial score (nSPS) is 25.0. The molecule has 2 aliphatic rings. The Morgan fingerprint density at radius 2 is 1.40 bits per heavy atom. The molecule has 30 heavy (non-hydrogen) atoms. The molecular formula is C27H32O3. The Bertz CT molecular complexity index is 867. The highest BCUT2D eigenvalue weighted by molar-refractivity contribution is 5.89. The zero-order chi connectivity index (χ0) is 21.1. The first kappa shape index (κ1) is 20.7. The molecule has 2 atom stereocenters. The summed E-state index contributed by atoms with van der Waals surface area (Å²) in [6.07, 6.45) is 6.45. The maximum Gasteiger partial charge on any atom is 0.338 e. The van der Waals surface area contributed by atoms with Gasteiger partial charge in [-0.1, -0.05) is 61.9 Å². The molecule has 2 unspecified atom stereocenters. The van der Waals surface area contributed by atoms with Crippen molar-refractivity contribution in [3.8, 4) is 0 Å². The van der Waals surface area contributed by atoms with Crippen LogP contribution in [0, 0.1) is 18.8 Å². The van der Waals surface area contributed by atoms with Gasteiger partial charge in [-0.2, -0.15) is 0 Å². The lowest BCUT2D eigenvalue weighted by Crippen LogP contribution is -2.18. The fourth-order valence-corrected chi connectivity index (χ4v) is 5.02. The molecule has 0 bridgehead atoms. The second-order valence-corrected chi connectivity index (χ2v) is 8.97. The zero-order valence-electron chi connectivity index (χ0n) is 18.1. The van der Waals surface area contributed by atoms with Crippen molar-refractivity contribution < 1.29 is 14.3 Å². The second kappa shape index (κ2) is 9.07. The van der Waals surface area contributed by atoms with E-state index in [9.17, 15) is 4.79 Å². The van der Waals surface area contributed by atoms with Crippen LogP contribution in [0.3, 0.4) is 0 Å². The van der Waals surface area contributed by atoms with Gasteiger partial charge in [-0.25, -0.2) is 4.79 Å². The van der Waals surface area contributed by atoms with Crippen LogP contribution in [0.25, 0.3) is 5.76 Å². The minimum Gasteiger partial charge on any atom is -0.490 e. The number of hydrogen-bond acceptors (Lipinski definition) is 3. The lowest BCUT2D eigenvalue weighted by Gasteiger charge is -2.19. The standard InChI is InChI=1S/C27H32O3/c1-4-5-20-8-12-21(13-9-20)19(3)29-25-14-23-16-26(17-24(23)15-25)30-27(28)22-10-6-18(2)7-11-22/h6-13,23-26H,3-5,14-17H2,1-2H3. The minimum atomic E-state index is -0.201. The van der Waals surface area contributed by atoms with Crippen LogP contribution in [0.4, 0.5) is 0 Å². The van der Waals surface area contributed by atoms with Crippen LogP contribution < -0.4 is 0 Å². The Balaban J connectivity index is 1.25. The van der Waals surface area contributed by atoms with E-state index in [1.165, 1.54) is 5.56 Å². The van der Waals surface area contributed by atoms with E-state index >= 15 is 0 Å². The van der Waals surface area contributed by atoms with Crippen molar-refractivity contribution in [3.63, 3.8) is 0 Å². The summed E-state index contributed by atoms with van der Waals surface area (Å²) in [5, 5.41) is 0. The highest BCUT2D eigenvalue weighted by Gasteiger charge is 2.44. The molecule has 0 aliphatic heterocycles. The third kappa shape index (κ3) is 4.77. The van der Waals surface area contributed by atoms with Gasteiger partial charge in [0.15, 0.2) is 0 Å². The van der Waals surface area contributed by atoms with Crippen LogP contribution in [-0.4, -0.2) is 18.2 Å². The quantitative estimate of drug-likeness (QED) is 0.398. The van der Waals surface area contributed by atoms with E-state index in [0.29, 0.717) is 17.4 Å². The van der Waals surface area contributed by atoms with Crippen LogP contribution in [0.2, 0.25) is 0 Å². The van der Waals surface area contributed by atoms with E-state index in [-0.39, 0.29) is 18.2 Å². The Labute approximate surface area is 180 Å². The first-order chi connectivity index (χ1) is 14.5. The number of carbonyl (C=O) groups is 1. The van der Waals surface area contributed by atoms with Crippen LogP contribution in [0.5, 0.6) is 0 Å². The van der Waals surface area contributed by atoms with Crippen molar-refractivity contribution in [3.05, 3.63) is 77.4 Å². The first-order valence-electron chi connectivity index (χ1n) is 11.2. The summed E-state index contributed by atoms with van der Waals surface area (Å²) in [6.45, 7) is 8.37. The van der Waals surface area contributed by atoms with Gasteiger partial charge < -0.3 is 9.47 Å². The highest BCUT2D eigenvalue weighted by atomic mass is 16.5. The monoisotopic (exact) mass is 404 g/mol. The van der Waals surface area contributed by atoms with Gasteiger partial charge in [0.2, 0.25) is 0 Å². The Hall–Kier alpha value is -2.55. The Morgan fingerprint density at radius 1 is 0.867 bits per heavy atom. The second-order valence-electron chi connectivity index (χ2n) is 8.97. The maximum atomic E-state index is 12.4. The van der Waals surface area contributed by atoms with Gasteiger partial charge in [-0.3, -0.25) is 0 Å². The summed E-state index contributed by atoms with van der Waals surface area (Å²) < 4.78 is 12.0. The molecule has 2 aliphatic carbocycles. The molecule has 2 saturated carbocycles. The number of ether oxygens (including phenoxy) is 2. The molecule has 158 valence electrons. The average Bonchev–Trinajstić information content (AvgIpc) is 3.27. The van der Waals surface area contributed by atoms with E-state index in [2.05, 4.69) is 37.8 Å². The Morgan fingerprint density at radius 3 is 1.97 bits per heavy atom. The molecule has 3 heteroatoms. The summed E-state index contributed by atoms with van der Waals surface area (Å²) >= 11 is 0. The largest absolute Gasteiger partial charge is 0.490 e. The van der Waals surface area contributed by atoms with Crippen molar-refractivity contribution in [2.24, 2.45) is 11.8 Å². The smallest absolute Gasteiger partial charge is 0.338 e. The zero-order valence-corrected chi connectivity index (χ0v) is 18.1. The number of benzene rings is 2. The minimum absolute atomic E-state index is 0.0315. The number of esters is 1. The molecular weight excluding hydrogens is 372 g/mol. The third-order valence-electron chi connectivity index (χ3n) is 6.61. The molecule has 0 amide bonds. The molecule has 3 nitrogen and oxygen atoms in total. The van der Waals surface area contributed by atoms with Gasteiger partial charge in [0.05, 0.1) is 11.7 Å². The molecule has 0 heterocycles. The van der Waals surface area contributed by atoms with Gasteiger partial charge in [-0.05, 0) is 68.6 Å². The van der Waals surface area contributed by atoms with Gasteiger partial charge in [0, 0.05) is 5.56 Å². The Kier molecular flexibility index (Phi) is 6.26. The summed E-state index contributed by atoms with van der Waals surface area (Å²) in [7, 11) is 0. The third-order valence-corrected chi connectivity index (χ3v) is 6.61. The van der Waals surface area contributed by atoms with Gasteiger partial charge in [-0.15, -0.1) is 0 Å². The van der Waals surface area contributed by atoms with Crippen molar-refractivity contribution in [2.75, 3.05) is 0 Å². The molecule has 0 saturated heterocycles. The van der Waals surface area contributed by atoms with E-state index in [1.54, 1.807) is 0 Å². The van der Waals surface area contributed by atoms with E-state index < -0.39 is 0 Å². The number of fused-ring (bicyclic) bond motifs is 1. The summed E-state index contributed by atoms with van der Waals surface area (Å²) in [6, 6.07) is 16.2.